The van der Waals surface area contributed by atoms with Crippen molar-refractivity contribution >= 4 is 29.0 Å². The Hall–Kier alpha value is -4.55. The summed E-state index contributed by atoms with van der Waals surface area (Å²) in [5.74, 6) is -0.562. The first-order valence-corrected chi connectivity index (χ1v) is 13.4. The smallest absolute Gasteiger partial charge is 0.382 e. The third-order valence-electron chi connectivity index (χ3n) is 7.27. The van der Waals surface area contributed by atoms with Crippen LogP contribution in [0.5, 0.6) is 0 Å². The van der Waals surface area contributed by atoms with Gasteiger partial charge in [-0.2, -0.15) is 13.2 Å². The molecule has 4 N–H and O–H groups in total. The van der Waals surface area contributed by atoms with Crippen LogP contribution in [0.25, 0.3) is 16.8 Å². The predicted octanol–water partition coefficient (Wildman–Crippen LogP) is 5.54. The standard InChI is InChI=1S/C29H29F4N7O2/c1-28(2,30)27(42)37-20-5-3-4-18(14-20)25-39-22(23-24(34)36-12-13-40(23)25)16-6-8-17(9-7-16)26(41)38-21-15-19(10-11-35-21)29(31,32)33/h6-13,15,18,20H,3-5,14H2,1-2H3,(H2,34,36)(H,37,42)(H,35,38,41). The minimum absolute atomic E-state index is 0.0418. The number of anilines is 2. The lowest BCUT2D eigenvalue weighted by Gasteiger charge is -2.30. The number of aromatic nitrogens is 4. The van der Waals surface area contributed by atoms with E-state index >= 15 is 0 Å². The van der Waals surface area contributed by atoms with Crippen LogP contribution >= 0.6 is 0 Å². The Balaban J connectivity index is 1.40. The molecule has 0 spiro atoms. The number of rotatable bonds is 6. The van der Waals surface area contributed by atoms with Crippen molar-refractivity contribution in [3.63, 3.8) is 0 Å². The number of nitrogen functional groups attached to an aromatic ring is 1. The summed E-state index contributed by atoms with van der Waals surface area (Å²) in [4.78, 5) is 37.9. The predicted molar refractivity (Wildman–Crippen MR) is 148 cm³/mol. The summed E-state index contributed by atoms with van der Waals surface area (Å²) in [5.41, 5.74) is 5.33. The van der Waals surface area contributed by atoms with E-state index in [4.69, 9.17) is 10.7 Å². The highest BCUT2D eigenvalue weighted by molar-refractivity contribution is 6.04. The van der Waals surface area contributed by atoms with Crippen LogP contribution in [0.2, 0.25) is 0 Å². The topological polar surface area (TPSA) is 127 Å². The van der Waals surface area contributed by atoms with Crippen molar-refractivity contribution in [3.05, 3.63) is 71.9 Å². The molecule has 4 aromatic rings. The minimum atomic E-state index is -4.56. The number of carbonyl (C=O) groups excluding carboxylic acids is 2. The second-order valence-corrected chi connectivity index (χ2v) is 10.8. The van der Waals surface area contributed by atoms with Gasteiger partial charge in [-0.3, -0.25) is 14.0 Å². The van der Waals surface area contributed by atoms with Crippen LogP contribution in [0.1, 0.15) is 67.2 Å². The van der Waals surface area contributed by atoms with Crippen LogP contribution in [0.3, 0.4) is 0 Å². The number of hydrogen-bond acceptors (Lipinski definition) is 6. The zero-order chi connectivity index (χ0) is 30.2. The number of pyridine rings is 1. The number of halogens is 4. The molecule has 2 amide bonds. The molecule has 2 unspecified atom stereocenters. The monoisotopic (exact) mass is 583 g/mol. The largest absolute Gasteiger partial charge is 0.416 e. The van der Waals surface area contributed by atoms with E-state index in [2.05, 4.69) is 20.6 Å². The van der Waals surface area contributed by atoms with Gasteiger partial charge in [0.2, 0.25) is 0 Å². The van der Waals surface area contributed by atoms with Gasteiger partial charge in [-0.05, 0) is 57.4 Å². The van der Waals surface area contributed by atoms with Gasteiger partial charge in [0.15, 0.2) is 5.67 Å². The Labute approximate surface area is 238 Å². The van der Waals surface area contributed by atoms with Crippen molar-refractivity contribution in [1.82, 2.24) is 24.7 Å². The summed E-state index contributed by atoms with van der Waals surface area (Å²) in [5, 5.41) is 5.20. The lowest BCUT2D eigenvalue weighted by atomic mass is 9.85. The molecule has 1 fully saturated rings. The number of nitrogens with two attached hydrogens (primary N) is 1. The fraction of sp³-hybridized carbons (Fsp3) is 0.345. The molecule has 42 heavy (non-hydrogen) atoms. The highest BCUT2D eigenvalue weighted by atomic mass is 19.4. The highest BCUT2D eigenvalue weighted by Crippen LogP contribution is 2.37. The first-order chi connectivity index (χ1) is 19.8. The number of fused-ring (bicyclic) bond motifs is 1. The van der Waals surface area contributed by atoms with Gasteiger partial charge in [0.05, 0.1) is 5.56 Å². The van der Waals surface area contributed by atoms with Gasteiger partial charge in [0, 0.05) is 41.7 Å². The first kappa shape index (κ1) is 29.0. The van der Waals surface area contributed by atoms with Crippen molar-refractivity contribution in [2.45, 2.75) is 63.3 Å². The molecule has 5 rings (SSSR count). The number of carbonyl (C=O) groups is 2. The highest BCUT2D eigenvalue weighted by Gasteiger charge is 2.33. The Morgan fingerprint density at radius 3 is 2.45 bits per heavy atom. The van der Waals surface area contributed by atoms with E-state index in [0.29, 0.717) is 23.2 Å². The molecule has 0 aliphatic heterocycles. The third-order valence-corrected chi connectivity index (χ3v) is 7.27. The summed E-state index contributed by atoms with van der Waals surface area (Å²) in [6.07, 6.45) is 2.68. The molecule has 0 saturated heterocycles. The Kier molecular flexibility index (Phi) is 7.60. The summed E-state index contributed by atoms with van der Waals surface area (Å²) in [6, 6.07) is 7.77. The Bertz CT molecular complexity index is 1630. The quantitative estimate of drug-likeness (QED) is 0.256. The van der Waals surface area contributed by atoms with E-state index in [0.717, 1.165) is 43.4 Å². The van der Waals surface area contributed by atoms with E-state index in [1.165, 1.54) is 26.0 Å². The van der Waals surface area contributed by atoms with Crippen LogP contribution < -0.4 is 16.4 Å². The van der Waals surface area contributed by atoms with Gasteiger partial charge < -0.3 is 16.4 Å². The molecule has 1 saturated carbocycles. The van der Waals surface area contributed by atoms with Crippen LogP contribution in [0, 0.1) is 0 Å². The summed E-state index contributed by atoms with van der Waals surface area (Å²) in [6.45, 7) is 2.45. The molecule has 0 bridgehead atoms. The third kappa shape index (κ3) is 6.04. The van der Waals surface area contributed by atoms with Crippen LogP contribution in [-0.4, -0.2) is 42.9 Å². The number of amides is 2. The molecule has 1 aliphatic carbocycles. The van der Waals surface area contributed by atoms with Crippen molar-refractivity contribution in [1.29, 1.82) is 0 Å². The fourth-order valence-electron chi connectivity index (χ4n) is 5.13. The van der Waals surface area contributed by atoms with E-state index in [9.17, 15) is 27.2 Å². The molecular formula is C29H29F4N7O2. The van der Waals surface area contributed by atoms with Crippen molar-refractivity contribution < 1.29 is 27.2 Å². The lowest BCUT2D eigenvalue weighted by Crippen LogP contribution is -2.46. The maximum atomic E-state index is 14.1. The zero-order valence-corrected chi connectivity index (χ0v) is 22.9. The van der Waals surface area contributed by atoms with Gasteiger partial charge >= 0.3 is 6.18 Å². The lowest BCUT2D eigenvalue weighted by molar-refractivity contribution is -0.137. The Morgan fingerprint density at radius 1 is 1.02 bits per heavy atom. The maximum absolute atomic E-state index is 14.1. The molecule has 9 nitrogen and oxygen atoms in total. The second kappa shape index (κ2) is 11.0. The van der Waals surface area contributed by atoms with Gasteiger partial charge in [-0.15, -0.1) is 0 Å². The average molecular weight is 584 g/mol. The molecule has 13 heteroatoms. The molecule has 3 aromatic heterocycles. The molecular weight excluding hydrogens is 554 g/mol. The maximum Gasteiger partial charge on any atom is 0.416 e. The van der Waals surface area contributed by atoms with Crippen LogP contribution in [-0.2, 0) is 11.0 Å². The molecule has 1 aromatic carbocycles. The van der Waals surface area contributed by atoms with Gasteiger partial charge in [-0.1, -0.05) is 18.6 Å². The van der Waals surface area contributed by atoms with Crippen molar-refractivity contribution in [2.24, 2.45) is 0 Å². The summed E-state index contributed by atoms with van der Waals surface area (Å²) in [7, 11) is 0. The summed E-state index contributed by atoms with van der Waals surface area (Å²) >= 11 is 0. The van der Waals surface area contributed by atoms with E-state index < -0.39 is 29.2 Å². The number of benzene rings is 1. The van der Waals surface area contributed by atoms with Crippen molar-refractivity contribution in [2.75, 3.05) is 11.1 Å². The SMILES string of the molecule is CC(C)(F)C(=O)NC1CCCC(c2nc(-c3ccc(C(=O)Nc4cc(C(F)(F)F)ccn4)cc3)c3c(N)nccn23)C1. The Morgan fingerprint density at radius 2 is 1.76 bits per heavy atom. The number of imidazole rings is 1. The van der Waals surface area contributed by atoms with Gasteiger partial charge in [0.1, 0.15) is 28.7 Å². The molecule has 1 aliphatic rings. The zero-order valence-electron chi connectivity index (χ0n) is 22.9. The first-order valence-electron chi connectivity index (χ1n) is 13.4. The number of alkyl halides is 4. The molecule has 220 valence electrons. The molecule has 0 radical (unpaired) electrons. The van der Waals surface area contributed by atoms with Crippen molar-refractivity contribution in [3.8, 4) is 11.3 Å². The fourth-order valence-corrected chi connectivity index (χ4v) is 5.13. The number of hydrogen-bond donors (Lipinski definition) is 3. The molecule has 2 atom stereocenters. The normalized spacial score (nSPS) is 17.7. The number of nitrogens with one attached hydrogen (secondary N) is 2. The minimum Gasteiger partial charge on any atom is -0.382 e. The van der Waals surface area contributed by atoms with E-state index in [1.807, 2.05) is 4.40 Å². The van der Waals surface area contributed by atoms with E-state index in [1.54, 1.807) is 24.5 Å². The molecule has 3 heterocycles. The van der Waals surface area contributed by atoms with Crippen LogP contribution in [0.15, 0.2) is 55.0 Å². The van der Waals surface area contributed by atoms with E-state index in [-0.39, 0.29) is 29.2 Å². The van der Waals surface area contributed by atoms with Crippen LogP contribution in [0.4, 0.5) is 29.2 Å². The second-order valence-electron chi connectivity index (χ2n) is 10.8. The van der Waals surface area contributed by atoms with Gasteiger partial charge in [-0.25, -0.2) is 19.3 Å². The summed E-state index contributed by atoms with van der Waals surface area (Å²) < 4.78 is 55.0. The number of nitrogens with zero attached hydrogens (tertiary/aromatic N) is 4. The van der Waals surface area contributed by atoms with Gasteiger partial charge in [0.25, 0.3) is 11.8 Å². The average Bonchev–Trinajstić information content (AvgIpc) is 3.33.